The second-order valence-corrected chi connectivity index (χ2v) is 6.79. The minimum atomic E-state index is 0.108. The molecule has 0 saturated carbocycles. The molecule has 0 spiro atoms. The Bertz CT molecular complexity index is 458. The first-order chi connectivity index (χ1) is 9.31. The Morgan fingerprint density at radius 2 is 1.90 bits per heavy atom. The molecule has 0 radical (unpaired) electrons. The Kier molecular flexibility index (Phi) is 6.69. The molecule has 20 heavy (non-hydrogen) atoms. The van der Waals surface area contributed by atoms with Gasteiger partial charge in [-0.3, -0.25) is 4.79 Å². The Morgan fingerprint density at radius 1 is 1.25 bits per heavy atom. The molecule has 0 aliphatic heterocycles. The minimum absolute atomic E-state index is 0.108. The van der Waals surface area contributed by atoms with Gasteiger partial charge < -0.3 is 9.80 Å². The predicted octanol–water partition coefficient (Wildman–Crippen LogP) is 3.42. The van der Waals surface area contributed by atoms with Crippen LogP contribution < -0.4 is 0 Å². The van der Waals surface area contributed by atoms with Crippen LogP contribution in [-0.4, -0.2) is 49.4 Å². The lowest BCUT2D eigenvalue weighted by molar-refractivity contribution is 0.0723. The fraction of sp³-hybridized carbons (Fsp3) is 0.562. The van der Waals surface area contributed by atoms with E-state index in [-0.39, 0.29) is 5.91 Å². The standard InChI is InChI=1S/C16H25BrN2O/c1-12(2)11-19(9-8-18(4)5)16(20)14-10-13(3)6-7-15(14)17/h6-7,10,12H,8-9,11H2,1-5H3. The van der Waals surface area contributed by atoms with E-state index in [1.807, 2.05) is 44.1 Å². The van der Waals surface area contributed by atoms with Gasteiger partial charge in [-0.2, -0.15) is 0 Å². The molecule has 4 heteroatoms. The smallest absolute Gasteiger partial charge is 0.255 e. The van der Waals surface area contributed by atoms with Gasteiger partial charge in [0.15, 0.2) is 0 Å². The first-order valence-corrected chi connectivity index (χ1v) is 7.80. The quantitative estimate of drug-likeness (QED) is 0.792. The molecule has 0 aliphatic carbocycles. The molecule has 0 fully saturated rings. The van der Waals surface area contributed by atoms with Gasteiger partial charge in [0.05, 0.1) is 5.56 Å². The topological polar surface area (TPSA) is 23.6 Å². The van der Waals surface area contributed by atoms with Gasteiger partial charge in [-0.15, -0.1) is 0 Å². The van der Waals surface area contributed by atoms with Crippen LogP contribution in [0.1, 0.15) is 29.8 Å². The van der Waals surface area contributed by atoms with E-state index in [1.54, 1.807) is 0 Å². The van der Waals surface area contributed by atoms with Crippen molar-refractivity contribution >= 4 is 21.8 Å². The van der Waals surface area contributed by atoms with Crippen LogP contribution in [0, 0.1) is 12.8 Å². The van der Waals surface area contributed by atoms with Crippen molar-refractivity contribution in [3.8, 4) is 0 Å². The largest absolute Gasteiger partial charge is 0.337 e. The maximum atomic E-state index is 12.7. The van der Waals surface area contributed by atoms with E-state index in [1.165, 1.54) is 0 Å². The molecule has 112 valence electrons. The van der Waals surface area contributed by atoms with E-state index in [4.69, 9.17) is 0 Å². The van der Waals surface area contributed by atoms with Gasteiger partial charge in [-0.25, -0.2) is 0 Å². The van der Waals surface area contributed by atoms with Crippen LogP contribution in [0.5, 0.6) is 0 Å². The van der Waals surface area contributed by atoms with Crippen molar-refractivity contribution in [3.63, 3.8) is 0 Å². The number of halogens is 1. The number of nitrogens with zero attached hydrogens (tertiary/aromatic N) is 2. The van der Waals surface area contributed by atoms with Crippen LogP contribution in [0.25, 0.3) is 0 Å². The number of hydrogen-bond acceptors (Lipinski definition) is 2. The lowest BCUT2D eigenvalue weighted by Gasteiger charge is -2.26. The lowest BCUT2D eigenvalue weighted by atomic mass is 10.1. The van der Waals surface area contributed by atoms with E-state index in [0.29, 0.717) is 5.92 Å². The maximum Gasteiger partial charge on any atom is 0.255 e. The lowest BCUT2D eigenvalue weighted by Crippen LogP contribution is -2.39. The highest BCUT2D eigenvalue weighted by Gasteiger charge is 2.19. The molecule has 1 aromatic carbocycles. The van der Waals surface area contributed by atoms with Crippen molar-refractivity contribution in [3.05, 3.63) is 33.8 Å². The first kappa shape index (κ1) is 17.2. The Labute approximate surface area is 131 Å². The fourth-order valence-corrected chi connectivity index (χ4v) is 2.43. The van der Waals surface area contributed by atoms with Crippen LogP contribution in [0.2, 0.25) is 0 Å². The molecule has 0 N–H and O–H groups in total. The van der Waals surface area contributed by atoms with Crippen LogP contribution in [0.3, 0.4) is 0 Å². The van der Waals surface area contributed by atoms with Crippen molar-refractivity contribution in [1.29, 1.82) is 0 Å². The average molecular weight is 341 g/mol. The Morgan fingerprint density at radius 3 is 2.45 bits per heavy atom. The van der Waals surface area contributed by atoms with Gasteiger partial charge in [0.25, 0.3) is 5.91 Å². The summed E-state index contributed by atoms with van der Waals surface area (Å²) >= 11 is 3.49. The molecule has 1 amide bonds. The van der Waals surface area contributed by atoms with Gasteiger partial charge in [-0.1, -0.05) is 25.5 Å². The van der Waals surface area contributed by atoms with E-state index in [9.17, 15) is 4.79 Å². The zero-order chi connectivity index (χ0) is 15.3. The number of carbonyl (C=O) groups is 1. The number of amides is 1. The van der Waals surface area contributed by atoms with Crippen LogP contribution in [-0.2, 0) is 0 Å². The molecule has 0 unspecified atom stereocenters. The summed E-state index contributed by atoms with van der Waals surface area (Å²) in [4.78, 5) is 16.8. The van der Waals surface area contributed by atoms with Gasteiger partial charge >= 0.3 is 0 Å². The van der Waals surface area contributed by atoms with E-state index >= 15 is 0 Å². The SMILES string of the molecule is Cc1ccc(Br)c(C(=O)N(CCN(C)C)CC(C)C)c1. The number of carbonyl (C=O) groups excluding carboxylic acids is 1. The first-order valence-electron chi connectivity index (χ1n) is 7.01. The molecule has 0 saturated heterocycles. The molecular weight excluding hydrogens is 316 g/mol. The molecule has 0 heterocycles. The monoisotopic (exact) mass is 340 g/mol. The van der Waals surface area contributed by atoms with Crippen LogP contribution in [0.4, 0.5) is 0 Å². The summed E-state index contributed by atoms with van der Waals surface area (Å²) in [5, 5.41) is 0. The molecule has 0 atom stereocenters. The zero-order valence-electron chi connectivity index (χ0n) is 13.1. The highest BCUT2D eigenvalue weighted by atomic mass is 79.9. The normalized spacial score (nSPS) is 11.2. The van der Waals surface area contributed by atoms with Gasteiger partial charge in [-0.05, 0) is 55.0 Å². The van der Waals surface area contributed by atoms with Crippen molar-refractivity contribution in [2.24, 2.45) is 5.92 Å². The second-order valence-electron chi connectivity index (χ2n) is 5.93. The van der Waals surface area contributed by atoms with Crippen LogP contribution >= 0.6 is 15.9 Å². The molecule has 1 aromatic rings. The van der Waals surface area contributed by atoms with Gasteiger partial charge in [0.2, 0.25) is 0 Å². The molecule has 0 aromatic heterocycles. The summed E-state index contributed by atoms with van der Waals surface area (Å²) in [5.41, 5.74) is 1.86. The number of hydrogen-bond donors (Lipinski definition) is 0. The molecule has 3 nitrogen and oxygen atoms in total. The number of aryl methyl sites for hydroxylation is 1. The van der Waals surface area contributed by atoms with Crippen LogP contribution in [0.15, 0.2) is 22.7 Å². The zero-order valence-corrected chi connectivity index (χ0v) is 14.7. The third-order valence-corrected chi connectivity index (χ3v) is 3.73. The fourth-order valence-electron chi connectivity index (χ4n) is 2.01. The molecule has 0 bridgehead atoms. The number of rotatable bonds is 6. The summed E-state index contributed by atoms with van der Waals surface area (Å²) in [6.07, 6.45) is 0. The highest BCUT2D eigenvalue weighted by Crippen LogP contribution is 2.20. The highest BCUT2D eigenvalue weighted by molar-refractivity contribution is 9.10. The van der Waals surface area contributed by atoms with Crippen molar-refractivity contribution in [2.75, 3.05) is 33.7 Å². The summed E-state index contributed by atoms with van der Waals surface area (Å²) in [6, 6.07) is 5.91. The summed E-state index contributed by atoms with van der Waals surface area (Å²) in [7, 11) is 4.06. The van der Waals surface area contributed by atoms with E-state index in [0.717, 1.165) is 35.2 Å². The minimum Gasteiger partial charge on any atom is -0.337 e. The third kappa shape index (κ3) is 5.25. The van der Waals surface area contributed by atoms with Gasteiger partial charge in [0.1, 0.15) is 0 Å². The van der Waals surface area contributed by atoms with Gasteiger partial charge in [0, 0.05) is 24.1 Å². The molecule has 0 aliphatic rings. The summed E-state index contributed by atoms with van der Waals surface area (Å²) in [6.45, 7) is 8.71. The summed E-state index contributed by atoms with van der Waals surface area (Å²) < 4.78 is 0.867. The maximum absolute atomic E-state index is 12.7. The summed E-state index contributed by atoms with van der Waals surface area (Å²) in [5.74, 6) is 0.570. The Balaban J connectivity index is 2.93. The second kappa shape index (κ2) is 7.79. The van der Waals surface area contributed by atoms with Crippen molar-refractivity contribution < 1.29 is 4.79 Å². The third-order valence-electron chi connectivity index (χ3n) is 3.04. The van der Waals surface area contributed by atoms with Crippen molar-refractivity contribution in [2.45, 2.75) is 20.8 Å². The van der Waals surface area contributed by atoms with Crippen molar-refractivity contribution in [1.82, 2.24) is 9.80 Å². The van der Waals surface area contributed by atoms with E-state index in [2.05, 4.69) is 34.7 Å². The average Bonchev–Trinajstić information content (AvgIpc) is 2.36. The number of benzene rings is 1. The predicted molar refractivity (Wildman–Crippen MR) is 88.2 cm³/mol. The Hall–Kier alpha value is -0.870. The van der Waals surface area contributed by atoms with E-state index < -0.39 is 0 Å². The number of likely N-dealkylation sites (N-methyl/N-ethyl adjacent to an activating group) is 1. The molecule has 1 rings (SSSR count). The molecular formula is C16H25BrN2O.